The Morgan fingerprint density at radius 1 is 1.27 bits per heavy atom. The molecule has 0 amide bonds. The molecule has 0 radical (unpaired) electrons. The van der Waals surface area contributed by atoms with Crippen molar-refractivity contribution in [3.05, 3.63) is 77.2 Å². The van der Waals surface area contributed by atoms with Gasteiger partial charge in [0.05, 0.1) is 24.2 Å². The summed E-state index contributed by atoms with van der Waals surface area (Å²) in [5.41, 5.74) is 0.761. The molecule has 1 heterocycles. The highest BCUT2D eigenvalue weighted by atomic mass is 32.2. The maximum atomic E-state index is 13.9. The summed E-state index contributed by atoms with van der Waals surface area (Å²) in [7, 11) is 0. The maximum Gasteiger partial charge on any atom is 0.375 e. The number of anilines is 1. The van der Waals surface area contributed by atoms with Crippen LogP contribution < -0.4 is 5.32 Å². The van der Waals surface area contributed by atoms with E-state index in [0.717, 1.165) is 41.6 Å². The molecule has 2 aromatic rings. The highest BCUT2D eigenvalue weighted by Gasteiger charge is 2.70. The van der Waals surface area contributed by atoms with Crippen LogP contribution in [0.5, 0.6) is 0 Å². The summed E-state index contributed by atoms with van der Waals surface area (Å²) >= 11 is 0.862. The van der Waals surface area contributed by atoms with Crippen LogP contribution >= 0.6 is 11.8 Å². The number of benzene rings is 1. The number of fused-ring (bicyclic) bond motifs is 5. The number of nitriles is 1. The Morgan fingerprint density at radius 3 is 2.73 bits per heavy atom. The van der Waals surface area contributed by atoms with Crippen LogP contribution in [0.4, 0.5) is 10.1 Å². The average molecular weight is 618 g/mol. The van der Waals surface area contributed by atoms with Gasteiger partial charge in [-0.25, -0.2) is 9.18 Å². The Hall–Kier alpha value is -3.68. The van der Waals surface area contributed by atoms with Gasteiger partial charge < -0.3 is 25.0 Å². The summed E-state index contributed by atoms with van der Waals surface area (Å²) in [6, 6.07) is 11.2. The minimum atomic E-state index is -1.51. The molecule has 7 atom stereocenters. The molecule has 3 N–H and O–H groups in total. The summed E-state index contributed by atoms with van der Waals surface area (Å²) in [5.74, 6) is -1.18. The molecule has 230 valence electrons. The molecule has 0 spiro atoms. The lowest BCUT2D eigenvalue weighted by atomic mass is 9.45. The number of nitrogens with zero attached hydrogens (tertiary/aromatic N) is 1. The van der Waals surface area contributed by atoms with Crippen molar-refractivity contribution in [2.75, 3.05) is 11.1 Å². The number of carbonyl (C=O) groups excluding carboxylic acids is 2. The highest BCUT2D eigenvalue weighted by Crippen LogP contribution is 2.69. The first-order valence-corrected chi connectivity index (χ1v) is 16.0. The molecule has 3 fully saturated rings. The summed E-state index contributed by atoms with van der Waals surface area (Å²) < 4.78 is 24.9. The van der Waals surface area contributed by atoms with Crippen molar-refractivity contribution < 1.29 is 28.2 Å². The Morgan fingerprint density at radius 2 is 2.05 bits per heavy atom. The van der Waals surface area contributed by atoms with E-state index in [2.05, 4.69) is 18.3 Å². The number of ether oxygens (including phenoxy) is 1. The van der Waals surface area contributed by atoms with Crippen molar-refractivity contribution in [3.8, 4) is 6.07 Å². The molecule has 0 unspecified atom stereocenters. The van der Waals surface area contributed by atoms with Gasteiger partial charge in [-0.3, -0.25) is 4.79 Å². The number of carbonyl (C=O) groups is 2. The number of rotatable bonds is 7. The van der Waals surface area contributed by atoms with Gasteiger partial charge >= 0.3 is 5.97 Å². The molecule has 8 nitrogen and oxygen atoms in total. The molecule has 4 aliphatic rings. The van der Waals surface area contributed by atoms with E-state index in [9.17, 15) is 24.3 Å². The van der Waals surface area contributed by atoms with E-state index < -0.39 is 28.5 Å². The summed E-state index contributed by atoms with van der Waals surface area (Å²) in [6.07, 6.45) is 7.39. The van der Waals surface area contributed by atoms with E-state index in [-0.39, 0.29) is 46.6 Å². The Balaban J connectivity index is 1.33. The standard InChI is InChI=1S/C34H36FN3O5S/c1-32-17-20(19-37)26(38-23-8-6-22(35)7-9-23)16-21(32)5-10-24-25-11-12-34(31(41)44-15-13-36,33(25,2)18-27(39)29(24)32)43-30(40)28-4-3-14-42-28/h3-4,6-9,14,16,19,24-25,27,29,37-39H,5,10-12,15,17-18H2,1-2H3/t24-,25-,27-,29+,32-,33-,34-/m0/s1. The number of aliphatic hydroxyl groups excluding tert-OH is 1. The van der Waals surface area contributed by atoms with Crippen LogP contribution in [0.3, 0.4) is 0 Å². The quantitative estimate of drug-likeness (QED) is 0.232. The van der Waals surface area contributed by atoms with Crippen LogP contribution in [0.25, 0.3) is 0 Å². The number of nitrogens with one attached hydrogen (secondary N) is 2. The number of hydrogen-bond acceptors (Lipinski definition) is 9. The van der Waals surface area contributed by atoms with Crippen LogP contribution in [0, 0.1) is 51.1 Å². The van der Waals surface area contributed by atoms with Crippen LogP contribution in [0.15, 0.2) is 70.0 Å². The molecule has 44 heavy (non-hydrogen) atoms. The van der Waals surface area contributed by atoms with Gasteiger partial charge in [-0.15, -0.1) is 0 Å². The number of furan rings is 1. The SMILES string of the molecule is C[C@]12CC(C=N)=C(Nc3ccc(F)cc3)C=C1CC[C@@H]1[C@@H]2[C@@H](O)C[C@@]2(C)[C@H]1CC[C@]2(OC(=O)c1ccco1)C(=O)SCC#N. The fourth-order valence-electron chi connectivity index (χ4n) is 8.98. The van der Waals surface area contributed by atoms with Gasteiger partial charge in [-0.2, -0.15) is 5.26 Å². The molecular formula is C34H36FN3O5S. The highest BCUT2D eigenvalue weighted by molar-refractivity contribution is 8.14. The lowest BCUT2D eigenvalue weighted by Crippen LogP contribution is -2.62. The van der Waals surface area contributed by atoms with Crippen LogP contribution in [-0.2, 0) is 9.53 Å². The summed E-state index contributed by atoms with van der Waals surface area (Å²) in [5, 5.41) is 32.5. The number of allylic oxidation sites excluding steroid dienone is 3. The van der Waals surface area contributed by atoms with Crippen molar-refractivity contribution in [2.24, 2.45) is 28.6 Å². The normalized spacial score (nSPS) is 34.1. The van der Waals surface area contributed by atoms with Gasteiger partial charge in [0.25, 0.3) is 0 Å². The van der Waals surface area contributed by atoms with Crippen molar-refractivity contribution in [3.63, 3.8) is 0 Å². The van der Waals surface area contributed by atoms with Crippen LogP contribution in [0.2, 0.25) is 0 Å². The lowest BCUT2D eigenvalue weighted by molar-refractivity contribution is -0.175. The maximum absolute atomic E-state index is 13.9. The predicted octanol–water partition coefficient (Wildman–Crippen LogP) is 6.66. The topological polar surface area (TPSA) is 136 Å². The van der Waals surface area contributed by atoms with E-state index >= 15 is 0 Å². The average Bonchev–Trinajstić information content (AvgIpc) is 3.64. The molecule has 10 heteroatoms. The molecular weight excluding hydrogens is 581 g/mol. The number of halogens is 1. The van der Waals surface area contributed by atoms with Crippen LogP contribution in [-0.4, -0.2) is 39.9 Å². The number of hydrogen-bond donors (Lipinski definition) is 3. The van der Waals surface area contributed by atoms with E-state index in [4.69, 9.17) is 14.6 Å². The minimum Gasteiger partial charge on any atom is -0.457 e. The summed E-state index contributed by atoms with van der Waals surface area (Å²) in [6.45, 7) is 4.14. The molecule has 1 aromatic carbocycles. The second-order valence-corrected chi connectivity index (χ2v) is 13.9. The van der Waals surface area contributed by atoms with Crippen molar-refractivity contribution >= 4 is 34.7 Å². The van der Waals surface area contributed by atoms with E-state index in [1.54, 1.807) is 18.2 Å². The number of aliphatic hydroxyl groups is 1. The third-order valence-corrected chi connectivity index (χ3v) is 11.8. The second-order valence-electron chi connectivity index (χ2n) is 13.0. The first-order chi connectivity index (χ1) is 21.1. The van der Waals surface area contributed by atoms with Gasteiger partial charge in [0.2, 0.25) is 10.9 Å². The largest absolute Gasteiger partial charge is 0.457 e. The smallest absolute Gasteiger partial charge is 0.375 e. The second kappa shape index (κ2) is 11.4. The first-order valence-electron chi connectivity index (χ1n) is 15.0. The molecule has 0 saturated heterocycles. The van der Waals surface area contributed by atoms with Crippen molar-refractivity contribution in [1.82, 2.24) is 0 Å². The van der Waals surface area contributed by atoms with E-state index in [0.29, 0.717) is 19.3 Å². The first kappa shape index (κ1) is 30.4. The lowest BCUT2D eigenvalue weighted by Gasteiger charge is -2.60. The Kier molecular flexibility index (Phi) is 7.83. The van der Waals surface area contributed by atoms with Gasteiger partial charge in [0.15, 0.2) is 5.60 Å². The van der Waals surface area contributed by atoms with Gasteiger partial charge in [-0.05, 0) is 110 Å². The van der Waals surface area contributed by atoms with Crippen molar-refractivity contribution in [1.29, 1.82) is 10.7 Å². The number of esters is 1. The Labute approximate surface area is 260 Å². The van der Waals surface area contributed by atoms with E-state index in [1.165, 1.54) is 36.2 Å². The minimum absolute atomic E-state index is 0.00177. The monoisotopic (exact) mass is 617 g/mol. The van der Waals surface area contributed by atoms with Crippen LogP contribution in [0.1, 0.15) is 62.9 Å². The molecule has 4 aliphatic carbocycles. The van der Waals surface area contributed by atoms with Gasteiger partial charge in [-0.1, -0.05) is 31.2 Å². The van der Waals surface area contributed by atoms with E-state index in [1.807, 2.05) is 13.0 Å². The zero-order valence-corrected chi connectivity index (χ0v) is 25.6. The molecule has 3 saturated carbocycles. The fourth-order valence-corrected chi connectivity index (χ4v) is 9.79. The number of thioether (sulfide) groups is 1. The van der Waals surface area contributed by atoms with Crippen molar-refractivity contribution in [2.45, 2.75) is 64.1 Å². The predicted molar refractivity (Wildman–Crippen MR) is 164 cm³/mol. The zero-order chi connectivity index (χ0) is 31.3. The molecule has 6 rings (SSSR count). The van der Waals surface area contributed by atoms with Gasteiger partial charge in [0, 0.05) is 23.0 Å². The third kappa shape index (κ3) is 4.72. The molecule has 0 bridgehead atoms. The molecule has 1 aromatic heterocycles. The zero-order valence-electron chi connectivity index (χ0n) is 24.8. The summed E-state index contributed by atoms with van der Waals surface area (Å²) in [4.78, 5) is 27.1. The molecule has 0 aliphatic heterocycles. The third-order valence-electron chi connectivity index (χ3n) is 10.9. The van der Waals surface area contributed by atoms with Gasteiger partial charge in [0.1, 0.15) is 5.82 Å². The Bertz CT molecular complexity index is 1580. The fraction of sp³-hybridized carbons (Fsp3) is 0.471.